The zero-order valence-electron chi connectivity index (χ0n) is 10.7. The summed E-state index contributed by atoms with van der Waals surface area (Å²) < 4.78 is 0. The number of nitrogens with zero attached hydrogens (tertiary/aromatic N) is 2. The highest BCUT2D eigenvalue weighted by molar-refractivity contribution is 8.14. The lowest BCUT2D eigenvalue weighted by Crippen LogP contribution is -2.26. The molecule has 0 saturated heterocycles. The van der Waals surface area contributed by atoms with Crippen LogP contribution in [0.15, 0.2) is 28.3 Å². The van der Waals surface area contributed by atoms with Crippen LogP contribution >= 0.6 is 11.8 Å². The van der Waals surface area contributed by atoms with E-state index < -0.39 is 0 Å². The van der Waals surface area contributed by atoms with E-state index in [2.05, 4.69) is 47.6 Å². The summed E-state index contributed by atoms with van der Waals surface area (Å²) in [5, 5.41) is 5.45. The number of amidine groups is 1. The molecule has 1 aromatic carbocycles. The Labute approximate surface area is 112 Å². The van der Waals surface area contributed by atoms with Gasteiger partial charge in [-0.2, -0.15) is 5.10 Å². The molecule has 4 heteroatoms. The SMILES string of the molecule is Cc1ccc(C2=NNC(=NC3CC3)SC2)c(C)c1. The molecule has 1 aromatic rings. The van der Waals surface area contributed by atoms with Crippen LogP contribution in [0.2, 0.25) is 0 Å². The molecule has 0 bridgehead atoms. The van der Waals surface area contributed by atoms with Gasteiger partial charge in [-0.25, -0.2) is 0 Å². The Kier molecular flexibility index (Phi) is 3.12. The summed E-state index contributed by atoms with van der Waals surface area (Å²) in [6.07, 6.45) is 2.47. The number of hydrazone groups is 1. The summed E-state index contributed by atoms with van der Waals surface area (Å²) in [6.45, 7) is 4.26. The summed E-state index contributed by atoms with van der Waals surface area (Å²) in [5.74, 6) is 0.905. The molecule has 3 nitrogen and oxygen atoms in total. The predicted molar refractivity (Wildman–Crippen MR) is 78.5 cm³/mol. The maximum atomic E-state index is 4.57. The Bertz CT molecular complexity index is 530. The first-order chi connectivity index (χ1) is 8.72. The largest absolute Gasteiger partial charge is 0.258 e. The number of benzene rings is 1. The molecule has 1 aliphatic carbocycles. The smallest absolute Gasteiger partial charge is 0.177 e. The van der Waals surface area contributed by atoms with E-state index in [1.54, 1.807) is 11.8 Å². The van der Waals surface area contributed by atoms with Crippen LogP contribution in [-0.2, 0) is 0 Å². The van der Waals surface area contributed by atoms with Crippen molar-refractivity contribution in [1.82, 2.24) is 5.43 Å². The summed E-state index contributed by atoms with van der Waals surface area (Å²) in [6, 6.07) is 7.06. The molecule has 0 aromatic heterocycles. The monoisotopic (exact) mass is 259 g/mol. The molecule has 0 radical (unpaired) electrons. The number of nitrogens with one attached hydrogen (secondary N) is 1. The third-order valence-corrected chi connectivity index (χ3v) is 4.06. The first-order valence-corrected chi connectivity index (χ1v) is 7.32. The Morgan fingerprint density at radius 2 is 2.17 bits per heavy atom. The van der Waals surface area contributed by atoms with Crippen molar-refractivity contribution < 1.29 is 0 Å². The summed E-state index contributed by atoms with van der Waals surface area (Å²) in [7, 11) is 0. The molecule has 1 saturated carbocycles. The molecule has 1 N–H and O–H groups in total. The Hall–Kier alpha value is -1.29. The van der Waals surface area contributed by atoms with Crippen molar-refractivity contribution in [3.8, 4) is 0 Å². The highest BCUT2D eigenvalue weighted by atomic mass is 32.2. The van der Waals surface area contributed by atoms with Gasteiger partial charge >= 0.3 is 0 Å². The number of thioether (sulfide) groups is 1. The summed E-state index contributed by atoms with van der Waals surface area (Å²) in [5.41, 5.74) is 8.03. The predicted octanol–water partition coefficient (Wildman–Crippen LogP) is 2.86. The molecule has 0 unspecified atom stereocenters. The quantitative estimate of drug-likeness (QED) is 0.886. The van der Waals surface area contributed by atoms with Crippen molar-refractivity contribution in [1.29, 1.82) is 0 Å². The number of hydrogen-bond donors (Lipinski definition) is 1. The van der Waals surface area contributed by atoms with Crippen LogP contribution in [-0.4, -0.2) is 22.7 Å². The fourth-order valence-corrected chi connectivity index (χ4v) is 2.85. The second kappa shape index (κ2) is 4.76. The zero-order valence-corrected chi connectivity index (χ0v) is 11.5. The maximum Gasteiger partial charge on any atom is 0.177 e. The van der Waals surface area contributed by atoms with Gasteiger partial charge < -0.3 is 0 Å². The van der Waals surface area contributed by atoms with Crippen molar-refractivity contribution in [3.05, 3.63) is 34.9 Å². The molecule has 0 spiro atoms. The molecule has 18 heavy (non-hydrogen) atoms. The van der Waals surface area contributed by atoms with Crippen LogP contribution in [0, 0.1) is 13.8 Å². The minimum absolute atomic E-state index is 0.554. The van der Waals surface area contributed by atoms with Gasteiger partial charge in [0.25, 0.3) is 0 Å². The molecular formula is C14H17N3S. The van der Waals surface area contributed by atoms with E-state index in [0.29, 0.717) is 6.04 Å². The van der Waals surface area contributed by atoms with Gasteiger partial charge in [-0.15, -0.1) is 0 Å². The van der Waals surface area contributed by atoms with Crippen LogP contribution < -0.4 is 5.43 Å². The van der Waals surface area contributed by atoms with E-state index in [1.807, 2.05) is 0 Å². The van der Waals surface area contributed by atoms with E-state index >= 15 is 0 Å². The van der Waals surface area contributed by atoms with Crippen molar-refractivity contribution in [2.24, 2.45) is 10.1 Å². The first-order valence-electron chi connectivity index (χ1n) is 6.33. The van der Waals surface area contributed by atoms with E-state index in [-0.39, 0.29) is 0 Å². The van der Waals surface area contributed by atoms with Crippen LogP contribution in [0.5, 0.6) is 0 Å². The van der Waals surface area contributed by atoms with E-state index in [9.17, 15) is 0 Å². The standard InChI is InChI=1S/C14H17N3S/c1-9-3-6-12(10(2)7-9)13-8-18-14(17-16-13)15-11-4-5-11/h3,6-7,11H,4-5,8H2,1-2H3,(H,15,17). The Morgan fingerprint density at radius 1 is 1.33 bits per heavy atom. The van der Waals surface area contributed by atoms with Crippen molar-refractivity contribution >= 4 is 22.6 Å². The summed E-state index contributed by atoms with van der Waals surface area (Å²) in [4.78, 5) is 4.57. The third-order valence-electron chi connectivity index (χ3n) is 3.17. The number of hydrogen-bond acceptors (Lipinski definition) is 3. The van der Waals surface area contributed by atoms with Crippen LogP contribution in [0.1, 0.15) is 29.5 Å². The van der Waals surface area contributed by atoms with Gasteiger partial charge in [-0.1, -0.05) is 35.5 Å². The fourth-order valence-electron chi connectivity index (χ4n) is 2.03. The van der Waals surface area contributed by atoms with Gasteiger partial charge in [0.15, 0.2) is 5.17 Å². The lowest BCUT2D eigenvalue weighted by Gasteiger charge is -2.16. The van der Waals surface area contributed by atoms with Gasteiger partial charge in [0.1, 0.15) is 0 Å². The molecular weight excluding hydrogens is 242 g/mol. The van der Waals surface area contributed by atoms with Crippen molar-refractivity contribution in [3.63, 3.8) is 0 Å². The first kappa shape index (κ1) is 11.8. The zero-order chi connectivity index (χ0) is 12.5. The number of aliphatic imine (C=N–C) groups is 1. The van der Waals surface area contributed by atoms with Gasteiger partial charge in [-0.05, 0) is 32.3 Å². The van der Waals surface area contributed by atoms with Gasteiger partial charge in [-0.3, -0.25) is 10.4 Å². The molecule has 0 atom stereocenters. The van der Waals surface area contributed by atoms with Gasteiger partial charge in [0.05, 0.1) is 11.8 Å². The molecule has 1 heterocycles. The van der Waals surface area contributed by atoms with E-state index in [1.165, 1.54) is 29.5 Å². The average Bonchev–Trinajstić information content (AvgIpc) is 3.15. The number of aryl methyl sites for hydroxylation is 2. The highest BCUT2D eigenvalue weighted by Crippen LogP contribution is 2.26. The van der Waals surface area contributed by atoms with Crippen molar-refractivity contribution in [2.75, 3.05) is 5.75 Å². The molecule has 1 fully saturated rings. The molecule has 3 rings (SSSR count). The second-order valence-electron chi connectivity index (χ2n) is 4.94. The molecule has 1 aliphatic heterocycles. The molecule has 2 aliphatic rings. The van der Waals surface area contributed by atoms with Crippen LogP contribution in [0.4, 0.5) is 0 Å². The van der Waals surface area contributed by atoms with Crippen LogP contribution in [0.25, 0.3) is 0 Å². The second-order valence-corrected chi connectivity index (χ2v) is 5.91. The lowest BCUT2D eigenvalue weighted by atomic mass is 10.0. The minimum atomic E-state index is 0.554. The minimum Gasteiger partial charge on any atom is -0.258 e. The maximum absolute atomic E-state index is 4.57. The Balaban J connectivity index is 1.79. The highest BCUT2D eigenvalue weighted by Gasteiger charge is 2.22. The van der Waals surface area contributed by atoms with E-state index in [0.717, 1.165) is 16.6 Å². The molecule has 0 amide bonds. The molecule has 94 valence electrons. The summed E-state index contributed by atoms with van der Waals surface area (Å²) >= 11 is 1.76. The Morgan fingerprint density at radius 3 is 2.78 bits per heavy atom. The average molecular weight is 259 g/mol. The van der Waals surface area contributed by atoms with E-state index in [4.69, 9.17) is 0 Å². The van der Waals surface area contributed by atoms with Crippen molar-refractivity contribution in [2.45, 2.75) is 32.7 Å². The van der Waals surface area contributed by atoms with Crippen LogP contribution in [0.3, 0.4) is 0 Å². The normalized spacial score (nSPS) is 21.7. The topological polar surface area (TPSA) is 36.8 Å². The third kappa shape index (κ3) is 2.58. The lowest BCUT2D eigenvalue weighted by molar-refractivity contribution is 0.984. The van der Waals surface area contributed by atoms with Gasteiger partial charge in [0, 0.05) is 11.3 Å². The van der Waals surface area contributed by atoms with Gasteiger partial charge in [0.2, 0.25) is 0 Å². The number of rotatable bonds is 2. The fraction of sp³-hybridized carbons (Fsp3) is 0.429.